The lowest BCUT2D eigenvalue weighted by molar-refractivity contribution is -0.0940. The summed E-state index contributed by atoms with van der Waals surface area (Å²) in [5.41, 5.74) is 2.69. The molecule has 0 amide bonds. The molecule has 2 nitrogen and oxygen atoms in total. The summed E-state index contributed by atoms with van der Waals surface area (Å²) in [6.07, 6.45) is 1.21. The summed E-state index contributed by atoms with van der Waals surface area (Å²) in [6.45, 7) is 6.60. The Morgan fingerprint density at radius 3 is 2.25 bits per heavy atom. The second-order valence-corrected chi connectivity index (χ2v) is 7.13. The van der Waals surface area contributed by atoms with Gasteiger partial charge in [0.2, 0.25) is 0 Å². The molecule has 5 rings (SSSR count). The molecule has 0 radical (unpaired) electrons. The highest BCUT2D eigenvalue weighted by Gasteiger charge is 2.52. The molecule has 24 heavy (non-hydrogen) atoms. The maximum Gasteiger partial charge on any atom is 0.123 e. The number of piperidine rings is 1. The smallest absolute Gasteiger partial charge is 0.123 e. The van der Waals surface area contributed by atoms with Gasteiger partial charge in [-0.25, -0.2) is 4.39 Å². The maximum atomic E-state index is 13.1. The minimum Gasteiger partial charge on any atom is -0.296 e. The van der Waals surface area contributed by atoms with E-state index in [1.165, 1.54) is 24.1 Å². The summed E-state index contributed by atoms with van der Waals surface area (Å²) in [6, 6.07) is 19.2. The zero-order valence-corrected chi connectivity index (χ0v) is 14.2. The van der Waals surface area contributed by atoms with E-state index in [0.29, 0.717) is 18.0 Å². The average Bonchev–Trinajstić information content (AvgIpc) is 2.62. The van der Waals surface area contributed by atoms with Gasteiger partial charge < -0.3 is 0 Å². The molecule has 3 fully saturated rings. The summed E-state index contributed by atoms with van der Waals surface area (Å²) < 4.78 is 13.1. The molecule has 0 spiro atoms. The van der Waals surface area contributed by atoms with E-state index >= 15 is 0 Å². The summed E-state index contributed by atoms with van der Waals surface area (Å²) >= 11 is 0. The first-order chi connectivity index (χ1) is 11.8. The average molecular weight is 324 g/mol. The van der Waals surface area contributed by atoms with Gasteiger partial charge in [-0.05, 0) is 36.2 Å². The number of fused-ring (bicyclic) bond motifs is 2. The molecule has 126 valence electrons. The van der Waals surface area contributed by atoms with E-state index in [1.807, 2.05) is 12.1 Å². The van der Waals surface area contributed by atoms with Gasteiger partial charge in [-0.15, -0.1) is 0 Å². The van der Waals surface area contributed by atoms with Gasteiger partial charge in [0.15, 0.2) is 0 Å². The lowest BCUT2D eigenvalue weighted by atomic mass is 9.71. The first-order valence-corrected chi connectivity index (χ1v) is 9.03. The second-order valence-electron chi connectivity index (χ2n) is 7.13. The van der Waals surface area contributed by atoms with Crippen molar-refractivity contribution in [3.05, 3.63) is 71.5 Å². The normalized spacial score (nSPS) is 27.0. The molecule has 2 aromatic carbocycles. The van der Waals surface area contributed by atoms with Crippen LogP contribution in [0, 0.1) is 5.82 Å². The van der Waals surface area contributed by atoms with Crippen LogP contribution in [-0.2, 0) is 6.54 Å². The predicted octanol–water partition coefficient (Wildman–Crippen LogP) is 3.89. The highest BCUT2D eigenvalue weighted by molar-refractivity contribution is 5.30. The molecular formula is C21H25FN2. The molecule has 3 aliphatic rings. The molecule has 2 aromatic rings. The zero-order valence-electron chi connectivity index (χ0n) is 14.2. The lowest BCUT2D eigenvalue weighted by Crippen LogP contribution is -2.73. The van der Waals surface area contributed by atoms with Gasteiger partial charge in [0, 0.05) is 37.6 Å². The second kappa shape index (κ2) is 6.66. The van der Waals surface area contributed by atoms with Crippen LogP contribution in [0.5, 0.6) is 0 Å². The van der Waals surface area contributed by atoms with Crippen molar-refractivity contribution >= 4 is 0 Å². The number of piperazine rings is 1. The fourth-order valence-electron chi connectivity index (χ4n) is 4.54. The van der Waals surface area contributed by atoms with E-state index < -0.39 is 0 Å². The quantitative estimate of drug-likeness (QED) is 0.823. The topological polar surface area (TPSA) is 6.48 Å². The highest BCUT2D eigenvalue weighted by Crippen LogP contribution is 2.44. The van der Waals surface area contributed by atoms with Crippen molar-refractivity contribution in [3.63, 3.8) is 0 Å². The van der Waals surface area contributed by atoms with E-state index in [9.17, 15) is 4.39 Å². The molecule has 3 aliphatic heterocycles. The number of nitrogens with zero attached hydrogens (tertiary/aromatic N) is 2. The van der Waals surface area contributed by atoms with Gasteiger partial charge in [0.05, 0.1) is 0 Å². The van der Waals surface area contributed by atoms with Crippen LogP contribution in [0.3, 0.4) is 0 Å². The number of hydrogen-bond donors (Lipinski definition) is 0. The number of rotatable bonds is 5. The Morgan fingerprint density at radius 2 is 1.62 bits per heavy atom. The Labute approximate surface area is 143 Å². The first kappa shape index (κ1) is 15.8. The molecule has 3 saturated heterocycles. The predicted molar refractivity (Wildman–Crippen MR) is 95.4 cm³/mol. The third-order valence-corrected chi connectivity index (χ3v) is 5.56. The van der Waals surface area contributed by atoms with Crippen molar-refractivity contribution in [2.75, 3.05) is 19.6 Å². The van der Waals surface area contributed by atoms with Crippen LogP contribution in [0.2, 0.25) is 0 Å². The Balaban J connectivity index is 1.47. The summed E-state index contributed by atoms with van der Waals surface area (Å²) in [5, 5.41) is 0. The van der Waals surface area contributed by atoms with Gasteiger partial charge in [-0.3, -0.25) is 9.80 Å². The third kappa shape index (κ3) is 2.87. The summed E-state index contributed by atoms with van der Waals surface area (Å²) in [5.74, 6) is 0.515. The van der Waals surface area contributed by atoms with Crippen LogP contribution < -0.4 is 0 Å². The van der Waals surface area contributed by atoms with Crippen molar-refractivity contribution < 1.29 is 4.39 Å². The minimum absolute atomic E-state index is 0.154. The van der Waals surface area contributed by atoms with Crippen LogP contribution in [0.1, 0.15) is 30.4 Å². The van der Waals surface area contributed by atoms with Crippen LogP contribution in [-0.4, -0.2) is 41.5 Å². The van der Waals surface area contributed by atoms with Crippen molar-refractivity contribution in [1.82, 2.24) is 9.80 Å². The third-order valence-electron chi connectivity index (χ3n) is 5.56. The molecular weight excluding hydrogens is 299 g/mol. The van der Waals surface area contributed by atoms with E-state index in [4.69, 9.17) is 0 Å². The Bertz CT molecular complexity index is 656. The fourth-order valence-corrected chi connectivity index (χ4v) is 4.54. The fraction of sp³-hybridized carbons (Fsp3) is 0.429. The first-order valence-electron chi connectivity index (χ1n) is 9.03. The molecule has 0 aromatic heterocycles. The minimum atomic E-state index is -0.154. The van der Waals surface area contributed by atoms with Crippen molar-refractivity contribution in [2.24, 2.45) is 0 Å². The van der Waals surface area contributed by atoms with Crippen LogP contribution in [0.15, 0.2) is 54.6 Å². The molecule has 1 unspecified atom stereocenters. The Morgan fingerprint density at radius 1 is 0.958 bits per heavy atom. The maximum absolute atomic E-state index is 13.1. The van der Waals surface area contributed by atoms with Gasteiger partial charge >= 0.3 is 0 Å². The number of hydrogen-bond acceptors (Lipinski definition) is 2. The Kier molecular flexibility index (Phi) is 4.38. The van der Waals surface area contributed by atoms with Gasteiger partial charge in [-0.2, -0.15) is 0 Å². The van der Waals surface area contributed by atoms with Crippen LogP contribution >= 0.6 is 0 Å². The Hall–Kier alpha value is -1.71. The SMILES string of the molecule is CCCN1[C@@H]2CN(Cc3ccc(F)cc3)C[C@H]1C2c1ccccc1. The van der Waals surface area contributed by atoms with Crippen LogP contribution in [0.4, 0.5) is 4.39 Å². The monoisotopic (exact) mass is 324 g/mol. The molecule has 0 aliphatic carbocycles. The molecule has 0 N–H and O–H groups in total. The molecule has 2 bridgehead atoms. The highest BCUT2D eigenvalue weighted by atomic mass is 19.1. The number of halogens is 1. The van der Waals surface area contributed by atoms with Crippen molar-refractivity contribution in [1.29, 1.82) is 0 Å². The summed E-state index contributed by atoms with van der Waals surface area (Å²) in [4.78, 5) is 5.23. The van der Waals surface area contributed by atoms with E-state index in [2.05, 4.69) is 47.1 Å². The summed E-state index contributed by atoms with van der Waals surface area (Å²) in [7, 11) is 0. The molecule has 3 atom stereocenters. The van der Waals surface area contributed by atoms with E-state index in [1.54, 1.807) is 12.1 Å². The van der Waals surface area contributed by atoms with E-state index in [-0.39, 0.29) is 5.82 Å². The number of benzene rings is 2. The van der Waals surface area contributed by atoms with E-state index in [0.717, 1.165) is 19.6 Å². The molecule has 0 saturated carbocycles. The van der Waals surface area contributed by atoms with Gasteiger partial charge in [-0.1, -0.05) is 49.4 Å². The molecule has 3 heterocycles. The van der Waals surface area contributed by atoms with Gasteiger partial charge in [0.25, 0.3) is 0 Å². The molecule has 3 heteroatoms. The van der Waals surface area contributed by atoms with Crippen molar-refractivity contribution in [2.45, 2.75) is 37.9 Å². The lowest BCUT2D eigenvalue weighted by Gasteiger charge is -2.62. The zero-order chi connectivity index (χ0) is 16.5. The van der Waals surface area contributed by atoms with Crippen LogP contribution in [0.25, 0.3) is 0 Å². The van der Waals surface area contributed by atoms with Crippen molar-refractivity contribution in [3.8, 4) is 0 Å². The van der Waals surface area contributed by atoms with Gasteiger partial charge in [0.1, 0.15) is 5.82 Å². The standard InChI is InChI=1S/C21H25FN2/c1-2-12-24-19-14-23(13-16-8-10-18(22)11-9-16)15-20(24)21(19)17-6-4-3-5-7-17/h3-11,19-21H,2,12-15H2,1H3/t19-,20+,21?. The largest absolute Gasteiger partial charge is 0.296 e.